The highest BCUT2D eigenvalue weighted by atomic mass is 35.5. The van der Waals surface area contributed by atoms with Gasteiger partial charge in [-0.2, -0.15) is 0 Å². The zero-order valence-electron chi connectivity index (χ0n) is 23.5. The van der Waals surface area contributed by atoms with E-state index in [1.165, 1.54) is 34.5 Å². The molecule has 0 aliphatic carbocycles. The van der Waals surface area contributed by atoms with Gasteiger partial charge in [-0.1, -0.05) is 41.9 Å². The predicted molar refractivity (Wildman–Crippen MR) is 161 cm³/mol. The molecule has 42 heavy (non-hydrogen) atoms. The van der Waals surface area contributed by atoms with Crippen LogP contribution in [0.15, 0.2) is 65.6 Å². The molecule has 3 aromatic rings. The molecule has 0 radical (unpaired) electrons. The van der Waals surface area contributed by atoms with Crippen molar-refractivity contribution in [2.24, 2.45) is 0 Å². The Balaban J connectivity index is 1.67. The number of carboxylic acid groups (broad SMARTS) is 1. The quantitative estimate of drug-likeness (QED) is 0.280. The molecule has 3 aromatic carbocycles. The molecule has 1 amide bonds. The topological polar surface area (TPSA) is 104 Å². The summed E-state index contributed by atoms with van der Waals surface area (Å²) in [7, 11) is -2.49. The summed E-state index contributed by atoms with van der Waals surface area (Å²) in [5.41, 5.74) is 2.54. The van der Waals surface area contributed by atoms with Gasteiger partial charge in [-0.3, -0.25) is 13.9 Å². The van der Waals surface area contributed by atoms with E-state index in [0.29, 0.717) is 22.6 Å². The molecule has 0 saturated heterocycles. The second kappa shape index (κ2) is 13.0. The highest BCUT2D eigenvalue weighted by molar-refractivity contribution is 7.92. The van der Waals surface area contributed by atoms with Crippen LogP contribution in [-0.4, -0.2) is 56.5 Å². The lowest BCUT2D eigenvalue weighted by Gasteiger charge is -2.36. The van der Waals surface area contributed by atoms with Crippen LogP contribution in [-0.2, 0) is 19.6 Å². The number of hydrogen-bond acceptors (Lipinski definition) is 5. The first-order chi connectivity index (χ1) is 19.9. The fraction of sp³-hybridized carbons (Fsp3) is 0.290. The van der Waals surface area contributed by atoms with Crippen LogP contribution in [0.4, 0.5) is 10.1 Å². The molecule has 11 heteroatoms. The normalized spacial score (nSPS) is 15.1. The standard InChI is InChI=1S/C31H32ClFN2O6S/c1-20-6-4-7-24(16-20)42(39,40)35-19-23(11-13-29(36)34(3)15-14-30(37)38)41-28-12-10-22(18-27(28)35)17-21(2)31-25(32)8-5-9-26(31)33/h4-10,12,16-18,23H,11,13-15,19H2,1-3H3,(H,37,38)/b21-17+/t23-/m0/s1. The molecule has 1 heterocycles. The smallest absolute Gasteiger partial charge is 0.305 e. The number of fused-ring (bicyclic) bond motifs is 1. The van der Waals surface area contributed by atoms with Crippen LogP contribution in [0.3, 0.4) is 0 Å². The van der Waals surface area contributed by atoms with E-state index in [9.17, 15) is 22.4 Å². The molecule has 1 N–H and O–H groups in total. The number of halogens is 2. The molecule has 0 aromatic heterocycles. The van der Waals surface area contributed by atoms with Crippen molar-refractivity contribution in [1.82, 2.24) is 4.90 Å². The number of carbonyl (C=O) groups excluding carboxylic acids is 1. The van der Waals surface area contributed by atoms with E-state index in [4.69, 9.17) is 21.4 Å². The van der Waals surface area contributed by atoms with E-state index in [0.717, 1.165) is 5.56 Å². The molecule has 0 bridgehead atoms. The summed E-state index contributed by atoms with van der Waals surface area (Å²) in [6.45, 7) is 3.56. The average Bonchev–Trinajstić information content (AvgIpc) is 2.94. The zero-order valence-corrected chi connectivity index (χ0v) is 25.1. The number of carbonyl (C=O) groups is 2. The molecular weight excluding hydrogens is 583 g/mol. The lowest BCUT2D eigenvalue weighted by Crippen LogP contribution is -2.44. The van der Waals surface area contributed by atoms with E-state index in [1.54, 1.807) is 62.4 Å². The van der Waals surface area contributed by atoms with Crippen LogP contribution >= 0.6 is 11.6 Å². The molecule has 0 saturated carbocycles. The Labute approximate surface area is 250 Å². The summed E-state index contributed by atoms with van der Waals surface area (Å²) in [5.74, 6) is -1.40. The summed E-state index contributed by atoms with van der Waals surface area (Å²) in [4.78, 5) is 24.9. The number of aryl methyl sites for hydroxylation is 1. The van der Waals surface area contributed by atoms with Gasteiger partial charge in [-0.25, -0.2) is 12.8 Å². The van der Waals surface area contributed by atoms with Gasteiger partial charge in [0.15, 0.2) is 0 Å². The number of hydrogen-bond donors (Lipinski definition) is 1. The molecule has 1 aliphatic heterocycles. The Hall–Kier alpha value is -3.89. The van der Waals surface area contributed by atoms with E-state index in [1.807, 2.05) is 0 Å². The number of anilines is 1. The summed E-state index contributed by atoms with van der Waals surface area (Å²) in [5, 5.41) is 9.15. The Morgan fingerprint density at radius 2 is 1.88 bits per heavy atom. The van der Waals surface area contributed by atoms with Crippen molar-refractivity contribution in [1.29, 1.82) is 0 Å². The first-order valence-electron chi connectivity index (χ1n) is 13.4. The van der Waals surface area contributed by atoms with E-state index in [2.05, 4.69) is 0 Å². The number of nitrogens with zero attached hydrogens (tertiary/aromatic N) is 2. The van der Waals surface area contributed by atoms with Gasteiger partial charge in [0.2, 0.25) is 5.91 Å². The molecule has 1 atom stereocenters. The van der Waals surface area contributed by atoms with Crippen LogP contribution in [0.25, 0.3) is 11.6 Å². The number of amides is 1. The van der Waals surface area contributed by atoms with E-state index < -0.39 is 27.9 Å². The van der Waals surface area contributed by atoms with E-state index >= 15 is 0 Å². The first-order valence-corrected chi connectivity index (χ1v) is 15.2. The zero-order chi connectivity index (χ0) is 30.6. The summed E-state index contributed by atoms with van der Waals surface area (Å²) < 4.78 is 49.9. The lowest BCUT2D eigenvalue weighted by atomic mass is 10.0. The molecule has 0 spiro atoms. The fourth-order valence-electron chi connectivity index (χ4n) is 4.76. The number of ether oxygens (including phenoxy) is 1. The average molecular weight is 615 g/mol. The summed E-state index contributed by atoms with van der Waals surface area (Å²) in [6.07, 6.45) is 1.20. The van der Waals surface area contributed by atoms with Gasteiger partial charge in [-0.15, -0.1) is 0 Å². The van der Waals surface area contributed by atoms with Gasteiger partial charge in [0.1, 0.15) is 17.7 Å². The number of aliphatic carboxylic acids is 1. The summed E-state index contributed by atoms with van der Waals surface area (Å²) >= 11 is 6.25. The molecule has 222 valence electrons. The van der Waals surface area contributed by atoms with E-state index in [-0.39, 0.29) is 53.7 Å². The van der Waals surface area contributed by atoms with Crippen molar-refractivity contribution >= 4 is 50.8 Å². The Morgan fingerprint density at radius 1 is 1.14 bits per heavy atom. The minimum Gasteiger partial charge on any atom is -0.486 e. The van der Waals surface area contributed by atoms with Crippen molar-refractivity contribution in [3.05, 3.63) is 88.2 Å². The maximum absolute atomic E-state index is 14.5. The van der Waals surface area contributed by atoms with Crippen LogP contribution < -0.4 is 9.04 Å². The largest absolute Gasteiger partial charge is 0.486 e. The molecular formula is C31H32ClFN2O6S. The van der Waals surface area contributed by atoms with Crippen molar-refractivity contribution in [2.75, 3.05) is 24.4 Å². The minimum absolute atomic E-state index is 0.0410. The predicted octanol–water partition coefficient (Wildman–Crippen LogP) is 6.02. The highest BCUT2D eigenvalue weighted by Crippen LogP contribution is 2.39. The van der Waals surface area contributed by atoms with Gasteiger partial charge in [0.05, 0.1) is 28.6 Å². The van der Waals surface area contributed by atoms with Gasteiger partial charge < -0.3 is 14.7 Å². The van der Waals surface area contributed by atoms with Crippen LogP contribution in [0.5, 0.6) is 5.75 Å². The molecule has 8 nitrogen and oxygen atoms in total. The Kier molecular flexibility index (Phi) is 9.58. The third kappa shape index (κ3) is 7.11. The third-order valence-corrected chi connectivity index (χ3v) is 9.09. The first kappa shape index (κ1) is 31.1. The van der Waals surface area contributed by atoms with Crippen molar-refractivity contribution in [3.63, 3.8) is 0 Å². The van der Waals surface area contributed by atoms with Gasteiger partial charge in [0.25, 0.3) is 10.0 Å². The van der Waals surface area contributed by atoms with Crippen molar-refractivity contribution < 1.29 is 32.2 Å². The number of sulfonamides is 1. The third-order valence-electron chi connectivity index (χ3n) is 7.00. The van der Waals surface area contributed by atoms with Crippen LogP contribution in [0.2, 0.25) is 5.02 Å². The van der Waals surface area contributed by atoms with Gasteiger partial charge >= 0.3 is 5.97 Å². The van der Waals surface area contributed by atoms with Crippen molar-refractivity contribution in [3.8, 4) is 5.75 Å². The van der Waals surface area contributed by atoms with Crippen molar-refractivity contribution in [2.45, 2.75) is 44.1 Å². The number of rotatable bonds is 10. The SMILES string of the molecule is C/C(=C\c1ccc2c(c1)N(S(=O)(=O)c1cccc(C)c1)C[C@H](CCC(=O)N(C)CCC(=O)O)O2)c1c(F)cccc1Cl. The Bertz CT molecular complexity index is 1620. The molecule has 1 aliphatic rings. The highest BCUT2D eigenvalue weighted by Gasteiger charge is 2.35. The minimum atomic E-state index is -4.02. The maximum atomic E-state index is 14.5. The number of benzene rings is 3. The van der Waals surface area contributed by atoms with Gasteiger partial charge in [0, 0.05) is 25.6 Å². The van der Waals surface area contributed by atoms with Gasteiger partial charge in [-0.05, 0) is 73.4 Å². The second-order valence-electron chi connectivity index (χ2n) is 10.2. The summed E-state index contributed by atoms with van der Waals surface area (Å²) in [6, 6.07) is 16.1. The fourth-order valence-corrected chi connectivity index (χ4v) is 6.68. The lowest BCUT2D eigenvalue weighted by molar-refractivity contribution is -0.138. The van der Waals surface area contributed by atoms with Crippen LogP contribution in [0, 0.1) is 12.7 Å². The monoisotopic (exact) mass is 614 g/mol. The number of carboxylic acids is 1. The number of allylic oxidation sites excluding steroid dienone is 1. The van der Waals surface area contributed by atoms with Crippen LogP contribution in [0.1, 0.15) is 42.9 Å². The Morgan fingerprint density at radius 3 is 2.57 bits per heavy atom. The molecule has 0 unspecified atom stereocenters. The second-order valence-corrected chi connectivity index (χ2v) is 12.5. The maximum Gasteiger partial charge on any atom is 0.305 e. The molecule has 4 rings (SSSR count). The molecule has 0 fully saturated rings.